The second-order valence-electron chi connectivity index (χ2n) is 7.13. The van der Waals surface area contributed by atoms with E-state index in [1.807, 2.05) is 12.1 Å². The number of nitrogens with one attached hydrogen (secondary N) is 3. The Hall–Kier alpha value is -3.36. The Morgan fingerprint density at radius 1 is 1.43 bits per heavy atom. The van der Waals surface area contributed by atoms with Crippen LogP contribution < -0.4 is 16.0 Å². The maximum atomic E-state index is 12.1. The number of nitrogens with zero attached hydrogens (tertiary/aromatic N) is 3. The largest absolute Gasteiger partial charge is 0.392 e. The van der Waals surface area contributed by atoms with E-state index >= 15 is 0 Å². The Morgan fingerprint density at radius 2 is 2.27 bits per heavy atom. The number of carbonyl (C=O) groups excluding carboxylic acids is 1. The average molecular weight is 425 g/mol. The van der Waals surface area contributed by atoms with Gasteiger partial charge >= 0.3 is 0 Å². The predicted octanol–water partition coefficient (Wildman–Crippen LogP) is 3.34. The number of benzene rings is 1. The molecule has 4 N–H and O–H groups in total. The van der Waals surface area contributed by atoms with Crippen molar-refractivity contribution in [1.29, 1.82) is 0 Å². The molecule has 1 aliphatic heterocycles. The number of aromatic nitrogens is 3. The van der Waals surface area contributed by atoms with Crippen LogP contribution in [0.3, 0.4) is 0 Å². The van der Waals surface area contributed by atoms with Gasteiger partial charge in [0.25, 0.3) is 5.91 Å². The third-order valence-corrected chi connectivity index (χ3v) is 4.73. The number of allylic oxidation sites excluding steroid dienone is 1. The minimum atomic E-state index is -0.539. The molecule has 1 fully saturated rings. The number of carbonyl (C=O) groups is 1. The molecule has 0 spiro atoms. The Labute approximate surface area is 178 Å². The molecule has 1 aromatic carbocycles. The highest BCUT2D eigenvalue weighted by molar-refractivity contribution is 6.30. The van der Waals surface area contributed by atoms with Gasteiger partial charge in [0.2, 0.25) is 0 Å². The molecule has 154 valence electrons. The molecule has 0 radical (unpaired) electrons. The fourth-order valence-corrected chi connectivity index (χ4v) is 3.33. The number of fused-ring (bicyclic) bond motifs is 1. The van der Waals surface area contributed by atoms with Crippen LogP contribution in [0.4, 0.5) is 17.3 Å². The zero-order valence-corrected chi connectivity index (χ0v) is 17.1. The standard InChI is InChI=1S/C21H21ClN6O2/c1-12-6-14(21(30)25-12)7-15-11-24-28-19(23-10-13(2)29)9-18(27-20(15)28)26-17-5-3-4-16(22)8-17/h3-5,7-9,11,13,23,29H,1,6,10H2,2H3,(H,25,30)(H,26,27)/b14-7+. The Balaban J connectivity index is 1.77. The minimum absolute atomic E-state index is 0.167. The normalized spacial score (nSPS) is 16.2. The monoisotopic (exact) mass is 424 g/mol. The smallest absolute Gasteiger partial charge is 0.251 e. The van der Waals surface area contributed by atoms with Crippen molar-refractivity contribution in [2.75, 3.05) is 17.2 Å². The predicted molar refractivity (Wildman–Crippen MR) is 118 cm³/mol. The van der Waals surface area contributed by atoms with E-state index in [0.29, 0.717) is 52.1 Å². The number of hydrogen-bond acceptors (Lipinski definition) is 6. The van der Waals surface area contributed by atoms with Crippen molar-refractivity contribution in [1.82, 2.24) is 19.9 Å². The van der Waals surface area contributed by atoms with Crippen molar-refractivity contribution >= 4 is 46.6 Å². The number of hydrogen-bond donors (Lipinski definition) is 4. The molecule has 1 atom stereocenters. The molecular formula is C21H21ClN6O2. The van der Waals surface area contributed by atoms with Gasteiger partial charge < -0.3 is 21.1 Å². The van der Waals surface area contributed by atoms with E-state index in [4.69, 9.17) is 11.6 Å². The highest BCUT2D eigenvalue weighted by Gasteiger charge is 2.21. The van der Waals surface area contributed by atoms with Gasteiger partial charge in [-0.15, -0.1) is 0 Å². The maximum Gasteiger partial charge on any atom is 0.251 e. The molecule has 1 saturated heterocycles. The molecular weight excluding hydrogens is 404 g/mol. The van der Waals surface area contributed by atoms with Gasteiger partial charge in [-0.2, -0.15) is 9.61 Å². The SMILES string of the molecule is C=C1C/C(=C\c2cnn3c(NCC(C)O)cc(Nc4cccc(Cl)c4)nc23)C(=O)N1. The fraction of sp³-hybridized carbons (Fsp3) is 0.190. The third-order valence-electron chi connectivity index (χ3n) is 4.49. The van der Waals surface area contributed by atoms with Gasteiger partial charge in [0, 0.05) is 46.6 Å². The molecule has 9 heteroatoms. The average Bonchev–Trinajstić information content (AvgIpc) is 3.22. The zero-order chi connectivity index (χ0) is 21.3. The van der Waals surface area contributed by atoms with Gasteiger partial charge in [-0.1, -0.05) is 24.2 Å². The third kappa shape index (κ3) is 4.29. The first-order valence-electron chi connectivity index (χ1n) is 9.42. The summed E-state index contributed by atoms with van der Waals surface area (Å²) < 4.78 is 1.64. The van der Waals surface area contributed by atoms with Crippen LogP contribution in [0, 0.1) is 0 Å². The van der Waals surface area contributed by atoms with Gasteiger partial charge in [0.15, 0.2) is 5.65 Å². The lowest BCUT2D eigenvalue weighted by Crippen LogP contribution is -2.17. The highest BCUT2D eigenvalue weighted by atomic mass is 35.5. The summed E-state index contributed by atoms with van der Waals surface area (Å²) in [6.07, 6.45) is 3.34. The Bertz CT molecular complexity index is 1170. The maximum absolute atomic E-state index is 12.1. The summed E-state index contributed by atoms with van der Waals surface area (Å²) in [5.74, 6) is 1.05. The molecule has 4 rings (SSSR count). The Morgan fingerprint density at radius 3 is 2.97 bits per heavy atom. The molecule has 2 aromatic heterocycles. The molecule has 0 bridgehead atoms. The summed E-state index contributed by atoms with van der Waals surface area (Å²) in [5.41, 5.74) is 3.31. The summed E-state index contributed by atoms with van der Waals surface area (Å²) in [7, 11) is 0. The molecule has 0 saturated carbocycles. The van der Waals surface area contributed by atoms with Gasteiger partial charge in [-0.25, -0.2) is 4.98 Å². The van der Waals surface area contributed by atoms with E-state index in [2.05, 4.69) is 32.6 Å². The van der Waals surface area contributed by atoms with Crippen molar-refractivity contribution < 1.29 is 9.90 Å². The molecule has 0 aliphatic carbocycles. The van der Waals surface area contributed by atoms with Gasteiger partial charge in [0.1, 0.15) is 11.6 Å². The first kappa shape index (κ1) is 19.9. The van der Waals surface area contributed by atoms with Crippen LogP contribution in [0.1, 0.15) is 18.9 Å². The van der Waals surface area contributed by atoms with E-state index in [-0.39, 0.29) is 5.91 Å². The summed E-state index contributed by atoms with van der Waals surface area (Å²) in [4.78, 5) is 16.8. The summed E-state index contributed by atoms with van der Waals surface area (Å²) in [6.45, 7) is 5.84. The minimum Gasteiger partial charge on any atom is -0.392 e. The highest BCUT2D eigenvalue weighted by Crippen LogP contribution is 2.26. The first-order valence-corrected chi connectivity index (χ1v) is 9.80. The molecule has 3 heterocycles. The van der Waals surface area contributed by atoms with Crippen LogP contribution in [0.15, 0.2) is 54.4 Å². The van der Waals surface area contributed by atoms with E-state index in [1.165, 1.54) is 0 Å². The molecule has 30 heavy (non-hydrogen) atoms. The van der Waals surface area contributed by atoms with Crippen molar-refractivity contribution in [2.45, 2.75) is 19.4 Å². The van der Waals surface area contributed by atoms with Gasteiger partial charge in [0.05, 0.1) is 12.3 Å². The molecule has 8 nitrogen and oxygen atoms in total. The van der Waals surface area contributed by atoms with Crippen molar-refractivity contribution in [3.63, 3.8) is 0 Å². The number of amides is 1. The van der Waals surface area contributed by atoms with Crippen molar-refractivity contribution in [2.24, 2.45) is 0 Å². The van der Waals surface area contributed by atoms with E-state index in [1.54, 1.807) is 41.9 Å². The number of aliphatic hydroxyl groups excluding tert-OH is 1. The van der Waals surface area contributed by atoms with Crippen LogP contribution in [0.5, 0.6) is 0 Å². The van der Waals surface area contributed by atoms with Crippen LogP contribution >= 0.6 is 11.6 Å². The Kier molecular flexibility index (Phi) is 5.43. The number of halogens is 1. The second kappa shape index (κ2) is 8.17. The van der Waals surface area contributed by atoms with Gasteiger partial charge in [-0.3, -0.25) is 4.79 Å². The quantitative estimate of drug-likeness (QED) is 0.452. The van der Waals surface area contributed by atoms with Crippen molar-refractivity contribution in [3.8, 4) is 0 Å². The fourth-order valence-electron chi connectivity index (χ4n) is 3.14. The van der Waals surface area contributed by atoms with Crippen LogP contribution in [-0.2, 0) is 4.79 Å². The number of anilines is 3. The number of rotatable bonds is 6. The molecule has 3 aromatic rings. The van der Waals surface area contributed by atoms with Crippen molar-refractivity contribution in [3.05, 3.63) is 65.0 Å². The lowest BCUT2D eigenvalue weighted by molar-refractivity contribution is -0.115. The molecule has 1 aliphatic rings. The van der Waals surface area contributed by atoms with Crippen LogP contribution in [-0.4, -0.2) is 38.3 Å². The lowest BCUT2D eigenvalue weighted by Gasteiger charge is -2.13. The second-order valence-corrected chi connectivity index (χ2v) is 7.57. The topological polar surface area (TPSA) is 104 Å². The summed E-state index contributed by atoms with van der Waals surface area (Å²) in [5, 5.41) is 23.8. The number of aliphatic hydroxyl groups is 1. The first-order chi connectivity index (χ1) is 14.4. The van der Waals surface area contributed by atoms with E-state index < -0.39 is 6.10 Å². The lowest BCUT2D eigenvalue weighted by atomic mass is 10.1. The molecule has 1 amide bonds. The van der Waals surface area contributed by atoms with Crippen LogP contribution in [0.25, 0.3) is 11.7 Å². The van der Waals surface area contributed by atoms with E-state index in [9.17, 15) is 9.90 Å². The van der Waals surface area contributed by atoms with E-state index in [0.717, 1.165) is 5.69 Å². The van der Waals surface area contributed by atoms with Crippen LogP contribution in [0.2, 0.25) is 5.02 Å². The van der Waals surface area contributed by atoms with Gasteiger partial charge in [-0.05, 0) is 31.2 Å². The zero-order valence-electron chi connectivity index (χ0n) is 16.3. The summed E-state index contributed by atoms with van der Waals surface area (Å²) in [6, 6.07) is 9.11. The molecule has 1 unspecified atom stereocenters. The summed E-state index contributed by atoms with van der Waals surface area (Å²) >= 11 is 6.08.